The summed E-state index contributed by atoms with van der Waals surface area (Å²) in [5, 5.41) is 24.6. The number of halogens is 2. The molecular weight excluding hydrogens is 559 g/mol. The van der Waals surface area contributed by atoms with Crippen LogP contribution < -0.4 is 5.32 Å². The van der Waals surface area contributed by atoms with E-state index in [1.165, 1.54) is 10.9 Å². The number of nitrogens with one attached hydrogen (secondary N) is 1. The molecular formula is C19H23Cl2N5O8P2. The van der Waals surface area contributed by atoms with Gasteiger partial charge >= 0.3 is 7.60 Å². The van der Waals surface area contributed by atoms with E-state index in [0.717, 1.165) is 5.56 Å². The maximum Gasteiger partial charge on any atom is 0.335 e. The minimum absolute atomic E-state index is 0.117. The number of aliphatic hydroxyl groups is 2. The lowest BCUT2D eigenvalue weighted by Crippen LogP contribution is -2.32. The summed E-state index contributed by atoms with van der Waals surface area (Å²) in [6, 6.07) is 7.23. The van der Waals surface area contributed by atoms with E-state index in [1.54, 1.807) is 12.1 Å². The second-order valence-electron chi connectivity index (χ2n) is 8.32. The molecule has 0 bridgehead atoms. The van der Waals surface area contributed by atoms with Crippen LogP contribution in [0.1, 0.15) is 18.2 Å². The van der Waals surface area contributed by atoms with Crippen LogP contribution in [0.2, 0.25) is 10.3 Å². The van der Waals surface area contributed by atoms with E-state index in [0.29, 0.717) is 22.9 Å². The molecule has 4 rings (SSSR count). The van der Waals surface area contributed by atoms with Gasteiger partial charge in [0.1, 0.15) is 18.1 Å². The molecule has 1 fully saturated rings. The number of rotatable bonds is 9. The molecule has 1 aliphatic rings. The van der Waals surface area contributed by atoms with Crippen molar-refractivity contribution in [3.05, 3.63) is 46.5 Å². The maximum absolute atomic E-state index is 12.1. The summed E-state index contributed by atoms with van der Waals surface area (Å²) in [7, 11) is -8.90. The number of nitrogens with zero attached hydrogens (tertiary/aromatic N) is 4. The van der Waals surface area contributed by atoms with Crippen LogP contribution in [0.25, 0.3) is 11.2 Å². The third-order valence-corrected chi connectivity index (χ3v) is 10.3. The molecule has 0 radical (unpaired) electrons. The highest BCUT2D eigenvalue weighted by Gasteiger charge is 2.45. The standard InChI is InChI=1S/C19H23Cl2N5O8P2/c20-11-4-2-1-3-10(11)7-22-16-13-17(25-19(21)24-16)26(8-23-13)18-15(28)14(27)12(34-18)5-6-35(29,30)9-36(31,32)33/h1-4,8,12,14-15,18,27-28H,5-7,9H2,(H,29,30)(H,22,24,25)(H2,31,32,33)/t12-,14?,15?,18-/m1/s1. The first-order valence-electron chi connectivity index (χ1n) is 10.6. The van der Waals surface area contributed by atoms with Gasteiger partial charge in [0, 0.05) is 17.7 Å². The molecule has 0 spiro atoms. The number of hydrogen-bond donors (Lipinski definition) is 6. The number of aromatic nitrogens is 4. The molecule has 1 aromatic carbocycles. The fourth-order valence-corrected chi connectivity index (χ4v) is 7.80. The van der Waals surface area contributed by atoms with Crippen molar-refractivity contribution >= 4 is 55.1 Å². The Balaban J connectivity index is 1.53. The van der Waals surface area contributed by atoms with E-state index in [4.69, 9.17) is 37.7 Å². The highest BCUT2D eigenvalue weighted by Crippen LogP contribution is 2.55. The summed E-state index contributed by atoms with van der Waals surface area (Å²) in [6.45, 7) is 0.314. The minimum atomic E-state index is -4.71. The van der Waals surface area contributed by atoms with Crippen LogP contribution in [0.3, 0.4) is 0 Å². The number of hydrogen-bond acceptors (Lipinski definition) is 9. The van der Waals surface area contributed by atoms with Crippen molar-refractivity contribution in [1.29, 1.82) is 0 Å². The fraction of sp³-hybridized carbons (Fsp3) is 0.421. The smallest absolute Gasteiger partial charge is 0.335 e. The van der Waals surface area contributed by atoms with Crippen molar-refractivity contribution in [2.75, 3.05) is 17.4 Å². The van der Waals surface area contributed by atoms with Crippen LogP contribution in [-0.4, -0.2) is 74.8 Å². The van der Waals surface area contributed by atoms with Crippen molar-refractivity contribution < 1.29 is 38.8 Å². The van der Waals surface area contributed by atoms with Gasteiger partial charge in [-0.1, -0.05) is 29.8 Å². The Labute approximate surface area is 214 Å². The number of imidazole rings is 1. The van der Waals surface area contributed by atoms with Crippen molar-refractivity contribution in [3.63, 3.8) is 0 Å². The quantitative estimate of drug-likeness (QED) is 0.159. The lowest BCUT2D eigenvalue weighted by atomic mass is 10.1. The Hall–Kier alpha value is -1.63. The Bertz CT molecular complexity index is 1350. The number of anilines is 1. The molecule has 1 aliphatic heterocycles. The minimum Gasteiger partial charge on any atom is -0.388 e. The number of fused-ring (bicyclic) bond motifs is 1. The van der Waals surface area contributed by atoms with Gasteiger partial charge in [0.25, 0.3) is 0 Å². The zero-order valence-corrected chi connectivity index (χ0v) is 21.7. The second-order valence-corrected chi connectivity index (χ2v) is 13.7. The molecule has 196 valence electrons. The van der Waals surface area contributed by atoms with E-state index in [2.05, 4.69) is 20.3 Å². The zero-order valence-electron chi connectivity index (χ0n) is 18.4. The topological polar surface area (TPSA) is 200 Å². The van der Waals surface area contributed by atoms with Gasteiger partial charge in [-0.3, -0.25) is 13.7 Å². The van der Waals surface area contributed by atoms with Crippen LogP contribution in [0.4, 0.5) is 5.82 Å². The van der Waals surface area contributed by atoms with Gasteiger partial charge in [0.2, 0.25) is 12.7 Å². The average Bonchev–Trinajstić information content (AvgIpc) is 3.31. The Morgan fingerprint density at radius 2 is 1.81 bits per heavy atom. The van der Waals surface area contributed by atoms with Gasteiger partial charge in [0.05, 0.1) is 12.4 Å². The average molecular weight is 582 g/mol. The molecule has 17 heteroatoms. The van der Waals surface area contributed by atoms with Crippen molar-refractivity contribution in [3.8, 4) is 0 Å². The van der Waals surface area contributed by atoms with E-state index in [-0.39, 0.29) is 17.4 Å². The molecule has 2 aromatic heterocycles. The highest BCUT2D eigenvalue weighted by molar-refractivity contribution is 7.72. The summed E-state index contributed by atoms with van der Waals surface area (Å²) in [5.41, 5.74) is 1.31. The normalized spacial score (nSPS) is 24.2. The monoisotopic (exact) mass is 581 g/mol. The summed E-state index contributed by atoms with van der Waals surface area (Å²) >= 11 is 12.3. The van der Waals surface area contributed by atoms with Gasteiger partial charge in [0.15, 0.2) is 23.2 Å². The third-order valence-electron chi connectivity index (χ3n) is 5.58. The maximum atomic E-state index is 12.1. The van der Waals surface area contributed by atoms with E-state index < -0.39 is 51.6 Å². The predicted molar refractivity (Wildman–Crippen MR) is 131 cm³/mol. The van der Waals surface area contributed by atoms with Crippen molar-refractivity contribution in [2.45, 2.75) is 37.5 Å². The Morgan fingerprint density at radius 1 is 1.08 bits per heavy atom. The molecule has 5 atom stereocenters. The number of aliphatic hydroxyl groups excluding tert-OH is 2. The van der Waals surface area contributed by atoms with Gasteiger partial charge in [-0.2, -0.15) is 9.97 Å². The van der Waals surface area contributed by atoms with Crippen LogP contribution >= 0.6 is 38.2 Å². The summed E-state index contributed by atoms with van der Waals surface area (Å²) in [4.78, 5) is 40.5. The summed E-state index contributed by atoms with van der Waals surface area (Å²) < 4.78 is 30.3. The first-order chi connectivity index (χ1) is 16.8. The molecule has 6 N–H and O–H groups in total. The highest BCUT2D eigenvalue weighted by atomic mass is 35.5. The van der Waals surface area contributed by atoms with Crippen LogP contribution in [0, 0.1) is 0 Å². The first kappa shape index (κ1) is 27.4. The van der Waals surface area contributed by atoms with Crippen LogP contribution in [0.15, 0.2) is 30.6 Å². The lowest BCUT2D eigenvalue weighted by Gasteiger charge is -2.18. The van der Waals surface area contributed by atoms with Crippen LogP contribution in [0.5, 0.6) is 0 Å². The summed E-state index contributed by atoms with van der Waals surface area (Å²) in [5.74, 6) is -0.882. The number of ether oxygens (including phenoxy) is 1. The van der Waals surface area contributed by atoms with Gasteiger partial charge in [-0.05, 0) is 29.7 Å². The molecule has 0 saturated carbocycles. The molecule has 3 unspecified atom stereocenters. The fourth-order valence-electron chi connectivity index (χ4n) is 3.91. The molecule has 1 saturated heterocycles. The van der Waals surface area contributed by atoms with Crippen molar-refractivity contribution in [1.82, 2.24) is 19.5 Å². The molecule has 3 aromatic rings. The van der Waals surface area contributed by atoms with Gasteiger partial charge in [-0.25, -0.2) is 4.98 Å². The molecule has 3 heterocycles. The van der Waals surface area contributed by atoms with Gasteiger partial charge in [-0.15, -0.1) is 0 Å². The molecule has 0 aliphatic carbocycles. The molecule has 0 amide bonds. The Morgan fingerprint density at radius 3 is 2.50 bits per heavy atom. The van der Waals surface area contributed by atoms with Crippen LogP contribution in [-0.2, 0) is 20.4 Å². The molecule has 36 heavy (non-hydrogen) atoms. The van der Waals surface area contributed by atoms with E-state index in [9.17, 15) is 24.2 Å². The predicted octanol–water partition coefficient (Wildman–Crippen LogP) is 2.16. The SMILES string of the molecule is O=P(O)(O)CP(=O)(O)CC[C@H]1O[C@@H](n2cnc3c(NCc4ccccc4Cl)nc(Cl)nc32)C(O)C1O. The zero-order chi connectivity index (χ0) is 26.3. The Kier molecular flexibility index (Phi) is 8.09. The van der Waals surface area contributed by atoms with E-state index >= 15 is 0 Å². The van der Waals surface area contributed by atoms with E-state index in [1.807, 2.05) is 12.1 Å². The number of benzene rings is 1. The summed E-state index contributed by atoms with van der Waals surface area (Å²) in [6.07, 6.45) is -4.58. The van der Waals surface area contributed by atoms with Crippen molar-refractivity contribution in [2.24, 2.45) is 0 Å². The van der Waals surface area contributed by atoms with Gasteiger partial charge < -0.3 is 34.9 Å². The third kappa shape index (κ3) is 6.25. The second kappa shape index (κ2) is 10.6. The molecule has 13 nitrogen and oxygen atoms in total. The largest absolute Gasteiger partial charge is 0.388 e. The lowest BCUT2D eigenvalue weighted by molar-refractivity contribution is -0.0354. The first-order valence-corrected chi connectivity index (χ1v) is 15.2.